The SMILES string of the molecule is CCNC1=CC=C[C@@H]2CC12C. The van der Waals surface area contributed by atoms with Crippen LogP contribution in [0, 0.1) is 11.3 Å². The van der Waals surface area contributed by atoms with E-state index in [1.54, 1.807) is 0 Å². The van der Waals surface area contributed by atoms with Crippen molar-refractivity contribution in [3.63, 3.8) is 0 Å². The van der Waals surface area contributed by atoms with Gasteiger partial charge in [-0.15, -0.1) is 0 Å². The van der Waals surface area contributed by atoms with Crippen molar-refractivity contribution in [1.82, 2.24) is 5.32 Å². The van der Waals surface area contributed by atoms with Crippen molar-refractivity contribution in [3.05, 3.63) is 23.9 Å². The smallest absolute Gasteiger partial charge is 0.0173 e. The first-order chi connectivity index (χ1) is 5.27. The molecule has 60 valence electrons. The highest BCUT2D eigenvalue weighted by Gasteiger charge is 2.51. The van der Waals surface area contributed by atoms with Gasteiger partial charge < -0.3 is 5.32 Å². The first-order valence-corrected chi connectivity index (χ1v) is 4.40. The molecule has 1 nitrogen and oxygen atoms in total. The van der Waals surface area contributed by atoms with Crippen molar-refractivity contribution in [2.24, 2.45) is 11.3 Å². The molecular formula is C10H15N. The molecule has 2 aliphatic carbocycles. The first kappa shape index (κ1) is 6.96. The molecule has 0 aromatic rings. The van der Waals surface area contributed by atoms with Gasteiger partial charge in [-0.3, -0.25) is 0 Å². The van der Waals surface area contributed by atoms with Gasteiger partial charge in [0, 0.05) is 17.7 Å². The van der Waals surface area contributed by atoms with Gasteiger partial charge in [-0.2, -0.15) is 0 Å². The van der Waals surface area contributed by atoms with E-state index in [4.69, 9.17) is 0 Å². The molecule has 0 heterocycles. The molecule has 0 aromatic carbocycles. The van der Waals surface area contributed by atoms with E-state index in [1.807, 2.05) is 0 Å². The van der Waals surface area contributed by atoms with Crippen molar-refractivity contribution in [3.8, 4) is 0 Å². The van der Waals surface area contributed by atoms with Crippen LogP contribution in [0.1, 0.15) is 20.3 Å². The lowest BCUT2D eigenvalue weighted by molar-refractivity contribution is 0.574. The number of allylic oxidation sites excluding steroid dienone is 4. The molecule has 0 radical (unpaired) electrons. The van der Waals surface area contributed by atoms with Crippen LogP contribution < -0.4 is 5.32 Å². The van der Waals surface area contributed by atoms with Gasteiger partial charge in [0.2, 0.25) is 0 Å². The molecular weight excluding hydrogens is 134 g/mol. The topological polar surface area (TPSA) is 12.0 Å². The predicted molar refractivity (Wildman–Crippen MR) is 47.1 cm³/mol. The maximum Gasteiger partial charge on any atom is 0.0173 e. The highest BCUT2D eigenvalue weighted by Crippen LogP contribution is 2.58. The Kier molecular flexibility index (Phi) is 1.35. The van der Waals surface area contributed by atoms with Gasteiger partial charge >= 0.3 is 0 Å². The number of fused-ring (bicyclic) bond motifs is 1. The van der Waals surface area contributed by atoms with Crippen LogP contribution in [0.5, 0.6) is 0 Å². The van der Waals surface area contributed by atoms with Crippen LogP contribution >= 0.6 is 0 Å². The molecule has 11 heavy (non-hydrogen) atoms. The standard InChI is InChI=1S/C10H15N/c1-3-11-9-6-4-5-8-7-10(8,9)2/h4-6,8,11H,3,7H2,1-2H3/t8-,10?/m1/s1. The molecule has 1 N–H and O–H groups in total. The van der Waals surface area contributed by atoms with Crippen molar-refractivity contribution < 1.29 is 0 Å². The maximum absolute atomic E-state index is 3.43. The zero-order valence-electron chi connectivity index (χ0n) is 7.22. The molecule has 0 aliphatic heterocycles. The third-order valence-corrected chi connectivity index (χ3v) is 2.89. The molecule has 1 saturated carbocycles. The van der Waals surface area contributed by atoms with Crippen LogP contribution in [0.15, 0.2) is 23.9 Å². The molecule has 0 aromatic heterocycles. The Morgan fingerprint density at radius 2 is 2.55 bits per heavy atom. The lowest BCUT2D eigenvalue weighted by Crippen LogP contribution is -2.21. The quantitative estimate of drug-likeness (QED) is 0.633. The van der Waals surface area contributed by atoms with Crippen molar-refractivity contribution in [1.29, 1.82) is 0 Å². The molecule has 0 amide bonds. The van der Waals surface area contributed by atoms with Gasteiger partial charge in [0.15, 0.2) is 0 Å². The fraction of sp³-hybridized carbons (Fsp3) is 0.600. The summed E-state index contributed by atoms with van der Waals surface area (Å²) in [6.45, 7) is 5.54. The van der Waals surface area contributed by atoms with Crippen molar-refractivity contribution in [2.45, 2.75) is 20.3 Å². The highest BCUT2D eigenvalue weighted by atomic mass is 14.9. The zero-order valence-corrected chi connectivity index (χ0v) is 7.22. The second kappa shape index (κ2) is 2.13. The second-order valence-corrected chi connectivity index (χ2v) is 3.72. The Morgan fingerprint density at radius 3 is 3.27 bits per heavy atom. The van der Waals surface area contributed by atoms with Gasteiger partial charge in [-0.05, 0) is 25.3 Å². The summed E-state index contributed by atoms with van der Waals surface area (Å²) in [6, 6.07) is 0. The Balaban J connectivity index is 2.17. The van der Waals surface area contributed by atoms with Crippen LogP contribution in [0.2, 0.25) is 0 Å². The lowest BCUT2D eigenvalue weighted by Gasteiger charge is -2.18. The van der Waals surface area contributed by atoms with Crippen LogP contribution in [-0.2, 0) is 0 Å². The average molecular weight is 149 g/mol. The van der Waals surface area contributed by atoms with Gasteiger partial charge in [0.1, 0.15) is 0 Å². The van der Waals surface area contributed by atoms with Gasteiger partial charge in [-0.25, -0.2) is 0 Å². The predicted octanol–water partition coefficient (Wildman–Crippen LogP) is 2.08. The highest BCUT2D eigenvalue weighted by molar-refractivity contribution is 5.34. The Labute approximate surface area is 68.2 Å². The van der Waals surface area contributed by atoms with E-state index in [2.05, 4.69) is 37.4 Å². The molecule has 1 heteroatoms. The molecule has 1 fully saturated rings. The Morgan fingerprint density at radius 1 is 1.73 bits per heavy atom. The molecule has 0 spiro atoms. The van der Waals surface area contributed by atoms with E-state index in [1.165, 1.54) is 12.1 Å². The van der Waals surface area contributed by atoms with Crippen molar-refractivity contribution >= 4 is 0 Å². The summed E-state index contributed by atoms with van der Waals surface area (Å²) in [4.78, 5) is 0. The maximum atomic E-state index is 3.43. The molecule has 2 rings (SSSR count). The minimum atomic E-state index is 0.477. The van der Waals surface area contributed by atoms with E-state index in [0.29, 0.717) is 5.41 Å². The largest absolute Gasteiger partial charge is 0.388 e. The summed E-state index contributed by atoms with van der Waals surface area (Å²) in [7, 11) is 0. The monoisotopic (exact) mass is 149 g/mol. The first-order valence-electron chi connectivity index (χ1n) is 4.40. The number of hydrogen-bond acceptors (Lipinski definition) is 1. The average Bonchev–Trinajstić information content (AvgIpc) is 2.63. The molecule has 0 bridgehead atoms. The van der Waals surface area contributed by atoms with Crippen molar-refractivity contribution in [2.75, 3.05) is 6.54 Å². The zero-order chi connectivity index (χ0) is 7.90. The van der Waals surface area contributed by atoms with E-state index in [9.17, 15) is 0 Å². The number of rotatable bonds is 2. The van der Waals surface area contributed by atoms with Crippen LogP contribution in [-0.4, -0.2) is 6.54 Å². The molecule has 2 atom stereocenters. The third kappa shape index (κ3) is 0.907. The van der Waals surface area contributed by atoms with Crippen LogP contribution in [0.3, 0.4) is 0 Å². The second-order valence-electron chi connectivity index (χ2n) is 3.72. The number of hydrogen-bond donors (Lipinski definition) is 1. The van der Waals surface area contributed by atoms with Gasteiger partial charge in [0.25, 0.3) is 0 Å². The molecule has 1 unspecified atom stereocenters. The van der Waals surface area contributed by atoms with E-state index in [-0.39, 0.29) is 0 Å². The Bertz CT molecular complexity index is 227. The summed E-state index contributed by atoms with van der Waals surface area (Å²) in [5.41, 5.74) is 1.91. The fourth-order valence-corrected chi connectivity index (χ4v) is 1.92. The van der Waals surface area contributed by atoms with E-state index < -0.39 is 0 Å². The summed E-state index contributed by atoms with van der Waals surface area (Å²) in [5.74, 6) is 0.821. The van der Waals surface area contributed by atoms with E-state index in [0.717, 1.165) is 12.5 Å². The fourth-order valence-electron chi connectivity index (χ4n) is 1.92. The normalized spacial score (nSPS) is 39.5. The number of nitrogens with one attached hydrogen (secondary N) is 1. The Hall–Kier alpha value is -0.720. The minimum Gasteiger partial charge on any atom is -0.388 e. The summed E-state index contributed by atoms with van der Waals surface area (Å²) in [6.07, 6.45) is 8.05. The molecule has 0 saturated heterocycles. The van der Waals surface area contributed by atoms with Crippen LogP contribution in [0.25, 0.3) is 0 Å². The summed E-state index contributed by atoms with van der Waals surface area (Å²) < 4.78 is 0. The van der Waals surface area contributed by atoms with Gasteiger partial charge in [0.05, 0.1) is 0 Å². The minimum absolute atomic E-state index is 0.477. The molecule has 2 aliphatic rings. The van der Waals surface area contributed by atoms with E-state index >= 15 is 0 Å². The summed E-state index contributed by atoms with van der Waals surface area (Å²) >= 11 is 0. The summed E-state index contributed by atoms with van der Waals surface area (Å²) in [5, 5.41) is 3.43. The third-order valence-electron chi connectivity index (χ3n) is 2.89. The lowest BCUT2D eigenvalue weighted by atomic mass is 9.97. The van der Waals surface area contributed by atoms with Crippen LogP contribution in [0.4, 0.5) is 0 Å². The van der Waals surface area contributed by atoms with Gasteiger partial charge in [-0.1, -0.05) is 19.1 Å².